The SMILES string of the molecule is CCOC(=O)CNC(=O)Cn1nc(-c2ccccc2)ccc1=O. The highest BCUT2D eigenvalue weighted by Crippen LogP contribution is 2.13. The van der Waals surface area contributed by atoms with Gasteiger partial charge in [-0.05, 0) is 13.0 Å². The number of carbonyl (C=O) groups excluding carboxylic acids is 2. The average molecular weight is 315 g/mol. The van der Waals surface area contributed by atoms with Crippen LogP contribution in [0.1, 0.15) is 6.92 Å². The van der Waals surface area contributed by atoms with Crippen LogP contribution in [0.2, 0.25) is 0 Å². The number of nitrogens with one attached hydrogen (secondary N) is 1. The largest absolute Gasteiger partial charge is 0.465 e. The fraction of sp³-hybridized carbons (Fsp3) is 0.250. The lowest BCUT2D eigenvalue weighted by molar-refractivity contribution is -0.143. The molecule has 0 saturated carbocycles. The van der Waals surface area contributed by atoms with Gasteiger partial charge in [-0.1, -0.05) is 30.3 Å². The highest BCUT2D eigenvalue weighted by Gasteiger charge is 2.09. The average Bonchev–Trinajstić information content (AvgIpc) is 2.56. The van der Waals surface area contributed by atoms with E-state index < -0.39 is 17.4 Å². The molecule has 120 valence electrons. The number of nitrogens with zero attached hydrogens (tertiary/aromatic N) is 2. The third-order valence-electron chi connectivity index (χ3n) is 2.96. The van der Waals surface area contributed by atoms with Gasteiger partial charge in [0.1, 0.15) is 13.1 Å². The van der Waals surface area contributed by atoms with Crippen molar-refractivity contribution in [3.05, 3.63) is 52.8 Å². The molecule has 0 unspecified atom stereocenters. The molecule has 1 amide bonds. The van der Waals surface area contributed by atoms with Crippen LogP contribution in [0.4, 0.5) is 0 Å². The van der Waals surface area contributed by atoms with Gasteiger partial charge in [-0.15, -0.1) is 0 Å². The normalized spacial score (nSPS) is 10.1. The summed E-state index contributed by atoms with van der Waals surface area (Å²) < 4.78 is 5.76. The minimum Gasteiger partial charge on any atom is -0.465 e. The first-order chi connectivity index (χ1) is 11.1. The Morgan fingerprint density at radius 1 is 1.17 bits per heavy atom. The molecular weight excluding hydrogens is 298 g/mol. The molecule has 2 rings (SSSR count). The van der Waals surface area contributed by atoms with Gasteiger partial charge in [0.25, 0.3) is 5.56 Å². The van der Waals surface area contributed by atoms with E-state index in [2.05, 4.69) is 10.4 Å². The molecular formula is C16H17N3O4. The molecule has 1 heterocycles. The molecule has 0 aliphatic rings. The van der Waals surface area contributed by atoms with Crippen molar-refractivity contribution >= 4 is 11.9 Å². The van der Waals surface area contributed by atoms with E-state index in [1.807, 2.05) is 30.3 Å². The van der Waals surface area contributed by atoms with Gasteiger partial charge < -0.3 is 10.1 Å². The minimum atomic E-state index is -0.529. The first-order valence-corrected chi connectivity index (χ1v) is 7.16. The van der Waals surface area contributed by atoms with Crippen molar-refractivity contribution in [3.63, 3.8) is 0 Å². The number of esters is 1. The van der Waals surface area contributed by atoms with Crippen LogP contribution >= 0.6 is 0 Å². The Labute approximate surface area is 132 Å². The van der Waals surface area contributed by atoms with E-state index in [0.29, 0.717) is 5.69 Å². The number of amides is 1. The number of benzene rings is 1. The Balaban J connectivity index is 2.06. The van der Waals surface area contributed by atoms with E-state index in [1.54, 1.807) is 13.0 Å². The molecule has 2 aromatic rings. The number of rotatable bonds is 6. The van der Waals surface area contributed by atoms with E-state index in [9.17, 15) is 14.4 Å². The van der Waals surface area contributed by atoms with Crippen LogP contribution < -0.4 is 10.9 Å². The van der Waals surface area contributed by atoms with Crippen LogP contribution in [0.3, 0.4) is 0 Å². The zero-order chi connectivity index (χ0) is 16.7. The van der Waals surface area contributed by atoms with Gasteiger partial charge in [-0.2, -0.15) is 5.10 Å². The van der Waals surface area contributed by atoms with Gasteiger partial charge in [-0.3, -0.25) is 14.4 Å². The predicted octanol–water partition coefficient (Wildman–Crippen LogP) is 0.590. The minimum absolute atomic E-state index is 0.236. The van der Waals surface area contributed by atoms with Crippen molar-refractivity contribution in [2.75, 3.05) is 13.2 Å². The van der Waals surface area contributed by atoms with E-state index in [-0.39, 0.29) is 19.7 Å². The van der Waals surface area contributed by atoms with Crippen LogP contribution in [0, 0.1) is 0 Å². The van der Waals surface area contributed by atoms with E-state index in [1.165, 1.54) is 6.07 Å². The second-order valence-electron chi connectivity index (χ2n) is 4.66. The zero-order valence-corrected chi connectivity index (χ0v) is 12.7. The Morgan fingerprint density at radius 3 is 2.61 bits per heavy atom. The van der Waals surface area contributed by atoms with E-state index in [4.69, 9.17) is 4.74 Å². The molecule has 1 N–H and O–H groups in total. The molecule has 7 nitrogen and oxygen atoms in total. The molecule has 0 aliphatic carbocycles. The molecule has 0 aliphatic heterocycles. The van der Waals surface area contributed by atoms with Gasteiger partial charge >= 0.3 is 5.97 Å². The Morgan fingerprint density at radius 2 is 1.91 bits per heavy atom. The molecule has 7 heteroatoms. The lowest BCUT2D eigenvalue weighted by Gasteiger charge is -2.08. The first kappa shape index (κ1) is 16.4. The summed E-state index contributed by atoms with van der Waals surface area (Å²) >= 11 is 0. The molecule has 0 fully saturated rings. The summed E-state index contributed by atoms with van der Waals surface area (Å²) in [5.41, 5.74) is 1.03. The van der Waals surface area contributed by atoms with Crippen molar-refractivity contribution in [3.8, 4) is 11.3 Å². The molecule has 1 aromatic heterocycles. The number of carbonyl (C=O) groups is 2. The monoisotopic (exact) mass is 315 g/mol. The first-order valence-electron chi connectivity index (χ1n) is 7.16. The van der Waals surface area contributed by atoms with Crippen LogP contribution in [-0.4, -0.2) is 34.8 Å². The van der Waals surface area contributed by atoms with Crippen molar-refractivity contribution < 1.29 is 14.3 Å². The molecule has 0 radical (unpaired) electrons. The summed E-state index contributed by atoms with van der Waals surface area (Å²) in [6.45, 7) is 1.42. The number of hydrogen-bond donors (Lipinski definition) is 1. The lowest BCUT2D eigenvalue weighted by atomic mass is 10.1. The van der Waals surface area contributed by atoms with Crippen LogP contribution in [-0.2, 0) is 20.9 Å². The van der Waals surface area contributed by atoms with Crippen LogP contribution in [0.25, 0.3) is 11.3 Å². The summed E-state index contributed by atoms with van der Waals surface area (Å²) in [6, 6.07) is 12.3. The van der Waals surface area contributed by atoms with Crippen LogP contribution in [0.5, 0.6) is 0 Å². The maximum Gasteiger partial charge on any atom is 0.325 e. The number of hydrogen-bond acceptors (Lipinski definition) is 5. The van der Waals surface area contributed by atoms with Crippen molar-refractivity contribution in [1.82, 2.24) is 15.1 Å². The standard InChI is InChI=1S/C16H17N3O4/c1-2-23-16(22)10-17-14(20)11-19-15(21)9-8-13(18-19)12-6-4-3-5-7-12/h3-9H,2,10-11H2,1H3,(H,17,20). The summed E-state index contributed by atoms with van der Waals surface area (Å²) in [5.74, 6) is -1.02. The molecule has 23 heavy (non-hydrogen) atoms. The van der Waals surface area contributed by atoms with Gasteiger partial charge in [0.2, 0.25) is 5.91 Å². The number of aromatic nitrogens is 2. The van der Waals surface area contributed by atoms with Crippen molar-refractivity contribution in [1.29, 1.82) is 0 Å². The summed E-state index contributed by atoms with van der Waals surface area (Å²) in [6.07, 6.45) is 0. The summed E-state index contributed by atoms with van der Waals surface area (Å²) in [7, 11) is 0. The van der Waals surface area contributed by atoms with Crippen molar-refractivity contribution in [2.45, 2.75) is 13.5 Å². The Hall–Kier alpha value is -2.96. The fourth-order valence-electron chi connectivity index (χ4n) is 1.90. The van der Waals surface area contributed by atoms with Gasteiger partial charge in [0, 0.05) is 11.6 Å². The predicted molar refractivity (Wildman–Crippen MR) is 83.6 cm³/mol. The third-order valence-corrected chi connectivity index (χ3v) is 2.96. The fourth-order valence-corrected chi connectivity index (χ4v) is 1.90. The summed E-state index contributed by atoms with van der Waals surface area (Å²) in [5, 5.41) is 6.56. The number of ether oxygens (including phenoxy) is 1. The second kappa shape index (κ2) is 7.88. The Kier molecular flexibility index (Phi) is 5.62. The highest BCUT2D eigenvalue weighted by atomic mass is 16.5. The van der Waals surface area contributed by atoms with Gasteiger partial charge in [-0.25, -0.2) is 4.68 Å². The van der Waals surface area contributed by atoms with Crippen LogP contribution in [0.15, 0.2) is 47.3 Å². The van der Waals surface area contributed by atoms with Gasteiger partial charge in [0.15, 0.2) is 0 Å². The van der Waals surface area contributed by atoms with Gasteiger partial charge in [0.05, 0.1) is 12.3 Å². The van der Waals surface area contributed by atoms with E-state index in [0.717, 1.165) is 10.2 Å². The lowest BCUT2D eigenvalue weighted by Crippen LogP contribution is -2.36. The van der Waals surface area contributed by atoms with E-state index >= 15 is 0 Å². The maximum atomic E-state index is 11.8. The zero-order valence-electron chi connectivity index (χ0n) is 12.7. The summed E-state index contributed by atoms with van der Waals surface area (Å²) in [4.78, 5) is 34.8. The van der Waals surface area contributed by atoms with Crippen molar-refractivity contribution in [2.24, 2.45) is 0 Å². The maximum absolute atomic E-state index is 11.8. The Bertz CT molecular complexity index is 740. The second-order valence-corrected chi connectivity index (χ2v) is 4.66. The molecule has 0 spiro atoms. The third kappa shape index (κ3) is 4.77. The smallest absolute Gasteiger partial charge is 0.325 e. The highest BCUT2D eigenvalue weighted by molar-refractivity contribution is 5.81. The quantitative estimate of drug-likeness (QED) is 0.788. The molecule has 0 saturated heterocycles. The molecule has 0 bridgehead atoms. The molecule has 1 aromatic carbocycles. The molecule has 0 atom stereocenters. The topological polar surface area (TPSA) is 90.3 Å².